The minimum absolute atomic E-state index is 0.0907. The highest BCUT2D eigenvalue weighted by molar-refractivity contribution is 5.71. The number of hydrogen-bond donors (Lipinski definition) is 0. The largest absolute Gasteiger partial charge is 0.462 e. The van der Waals surface area contributed by atoms with Gasteiger partial charge in [-0.25, -0.2) is 0 Å². The normalized spacial score (nSPS) is 12.7. The fourth-order valence-electron chi connectivity index (χ4n) is 7.52. The number of unbranched alkanes of at least 4 members (excludes halogenated alkanes) is 24. The van der Waals surface area contributed by atoms with Crippen molar-refractivity contribution in [3.05, 3.63) is 85.1 Å². The molecular weight excluding hydrogens is 817 g/mol. The van der Waals surface area contributed by atoms with Crippen molar-refractivity contribution < 1.29 is 28.6 Å². The predicted molar refractivity (Wildman–Crippen MR) is 284 cm³/mol. The summed E-state index contributed by atoms with van der Waals surface area (Å²) in [5.41, 5.74) is 0. The van der Waals surface area contributed by atoms with Gasteiger partial charge in [0.2, 0.25) is 0 Å². The zero-order valence-corrected chi connectivity index (χ0v) is 43.2. The standard InChI is InChI=1S/C60H102O6/c1-4-7-10-13-16-19-22-25-28-31-34-37-40-43-46-49-52-58(61)64-55-57(66-60(63)54-51-48-45-42-39-36-33-30-27-24-21-18-15-12-9-6-3)56-65-59(62)53-50-47-44-41-38-35-32-29-26-23-20-17-14-11-8-5-2/h7,9-10,12,16,18-19,21,25,27-30,32,57H,4-6,8,11,13-15,17,20,22-24,26,31,33-56H2,1-3H3/b10-7-,12-9-,19-16-,21-18-,28-25-,30-27-,32-29-. The van der Waals surface area contributed by atoms with Crippen molar-refractivity contribution in [1.82, 2.24) is 0 Å². The van der Waals surface area contributed by atoms with Gasteiger partial charge in [-0.05, 0) is 109 Å². The molecule has 378 valence electrons. The van der Waals surface area contributed by atoms with Crippen LogP contribution in [0.2, 0.25) is 0 Å². The van der Waals surface area contributed by atoms with Gasteiger partial charge >= 0.3 is 17.9 Å². The molecule has 0 rings (SSSR count). The maximum atomic E-state index is 12.8. The fraction of sp³-hybridized carbons (Fsp3) is 0.717. The summed E-state index contributed by atoms with van der Waals surface area (Å²) in [6, 6.07) is 0. The van der Waals surface area contributed by atoms with Crippen molar-refractivity contribution in [2.24, 2.45) is 0 Å². The molecule has 0 aromatic rings. The van der Waals surface area contributed by atoms with E-state index in [0.717, 1.165) is 122 Å². The van der Waals surface area contributed by atoms with Crippen molar-refractivity contribution >= 4 is 17.9 Å². The summed E-state index contributed by atoms with van der Waals surface area (Å²) in [4.78, 5) is 38.1. The highest BCUT2D eigenvalue weighted by atomic mass is 16.6. The van der Waals surface area contributed by atoms with Crippen LogP contribution in [0.1, 0.15) is 258 Å². The average Bonchev–Trinajstić information content (AvgIpc) is 3.31. The molecule has 1 unspecified atom stereocenters. The first-order valence-electron chi connectivity index (χ1n) is 27.6. The lowest BCUT2D eigenvalue weighted by molar-refractivity contribution is -0.167. The number of carbonyl (C=O) groups is 3. The zero-order valence-electron chi connectivity index (χ0n) is 43.2. The molecule has 0 saturated carbocycles. The van der Waals surface area contributed by atoms with Gasteiger partial charge in [-0.2, -0.15) is 0 Å². The van der Waals surface area contributed by atoms with E-state index in [4.69, 9.17) is 14.2 Å². The van der Waals surface area contributed by atoms with Crippen molar-refractivity contribution in [1.29, 1.82) is 0 Å². The number of carbonyl (C=O) groups excluding carboxylic acids is 3. The van der Waals surface area contributed by atoms with Crippen LogP contribution >= 0.6 is 0 Å². The van der Waals surface area contributed by atoms with Gasteiger partial charge in [-0.3, -0.25) is 14.4 Å². The zero-order chi connectivity index (χ0) is 47.9. The molecular formula is C60H102O6. The molecule has 0 amide bonds. The lowest BCUT2D eigenvalue weighted by atomic mass is 10.1. The molecule has 0 aliphatic heterocycles. The van der Waals surface area contributed by atoms with E-state index in [1.165, 1.54) is 96.3 Å². The Hall–Kier alpha value is -3.41. The van der Waals surface area contributed by atoms with Crippen LogP contribution in [-0.4, -0.2) is 37.2 Å². The van der Waals surface area contributed by atoms with Gasteiger partial charge < -0.3 is 14.2 Å². The number of esters is 3. The first kappa shape index (κ1) is 62.6. The van der Waals surface area contributed by atoms with Crippen molar-refractivity contribution in [2.75, 3.05) is 13.2 Å². The molecule has 0 bridgehead atoms. The summed E-state index contributed by atoms with van der Waals surface area (Å²) < 4.78 is 16.8. The van der Waals surface area contributed by atoms with Gasteiger partial charge in [-0.1, -0.05) is 215 Å². The summed E-state index contributed by atoms with van der Waals surface area (Å²) >= 11 is 0. The number of rotatable bonds is 49. The van der Waals surface area contributed by atoms with Gasteiger partial charge in [0.1, 0.15) is 13.2 Å². The minimum Gasteiger partial charge on any atom is -0.462 e. The molecule has 6 nitrogen and oxygen atoms in total. The van der Waals surface area contributed by atoms with Crippen LogP contribution in [0.5, 0.6) is 0 Å². The van der Waals surface area contributed by atoms with Crippen LogP contribution in [0.25, 0.3) is 0 Å². The van der Waals surface area contributed by atoms with E-state index in [-0.39, 0.29) is 31.1 Å². The second-order valence-electron chi connectivity index (χ2n) is 18.1. The second kappa shape index (κ2) is 54.2. The highest BCUT2D eigenvalue weighted by Crippen LogP contribution is 2.14. The van der Waals surface area contributed by atoms with E-state index in [1.807, 2.05) is 0 Å². The monoisotopic (exact) mass is 919 g/mol. The Labute approximate surface area is 407 Å². The molecule has 0 fully saturated rings. The molecule has 66 heavy (non-hydrogen) atoms. The molecule has 1 atom stereocenters. The topological polar surface area (TPSA) is 78.9 Å². The third-order valence-corrected chi connectivity index (χ3v) is 11.6. The number of allylic oxidation sites excluding steroid dienone is 14. The van der Waals surface area contributed by atoms with E-state index in [9.17, 15) is 14.4 Å². The first-order chi connectivity index (χ1) is 32.5. The van der Waals surface area contributed by atoms with Crippen LogP contribution in [0.15, 0.2) is 85.1 Å². The quantitative estimate of drug-likeness (QED) is 0.0262. The van der Waals surface area contributed by atoms with E-state index in [0.29, 0.717) is 19.3 Å². The van der Waals surface area contributed by atoms with Gasteiger partial charge in [0, 0.05) is 19.3 Å². The summed E-state index contributed by atoms with van der Waals surface area (Å²) in [6.07, 6.45) is 69.9. The molecule has 0 heterocycles. The van der Waals surface area contributed by atoms with E-state index in [1.54, 1.807) is 0 Å². The van der Waals surface area contributed by atoms with Crippen molar-refractivity contribution in [2.45, 2.75) is 264 Å². The van der Waals surface area contributed by atoms with Gasteiger partial charge in [-0.15, -0.1) is 0 Å². The summed E-state index contributed by atoms with van der Waals surface area (Å²) in [6.45, 7) is 6.39. The maximum absolute atomic E-state index is 12.8. The fourth-order valence-corrected chi connectivity index (χ4v) is 7.52. The molecule has 0 saturated heterocycles. The van der Waals surface area contributed by atoms with Crippen LogP contribution in [0.4, 0.5) is 0 Å². The van der Waals surface area contributed by atoms with Crippen LogP contribution < -0.4 is 0 Å². The average molecular weight is 919 g/mol. The second-order valence-corrected chi connectivity index (χ2v) is 18.1. The molecule has 0 aromatic carbocycles. The highest BCUT2D eigenvalue weighted by Gasteiger charge is 2.19. The molecule has 0 aliphatic carbocycles. The summed E-state index contributed by atoms with van der Waals surface area (Å²) in [5, 5.41) is 0. The predicted octanol–water partition coefficient (Wildman–Crippen LogP) is 18.4. The van der Waals surface area contributed by atoms with E-state index < -0.39 is 6.10 Å². The lowest BCUT2D eigenvalue weighted by Crippen LogP contribution is -2.30. The van der Waals surface area contributed by atoms with Crippen LogP contribution in [0.3, 0.4) is 0 Å². The Balaban J connectivity index is 4.44. The molecule has 0 aliphatic rings. The van der Waals surface area contributed by atoms with Crippen molar-refractivity contribution in [3.8, 4) is 0 Å². The smallest absolute Gasteiger partial charge is 0.306 e. The molecule has 0 spiro atoms. The van der Waals surface area contributed by atoms with Crippen molar-refractivity contribution in [3.63, 3.8) is 0 Å². The van der Waals surface area contributed by atoms with Gasteiger partial charge in [0.05, 0.1) is 0 Å². The van der Waals surface area contributed by atoms with Gasteiger partial charge in [0.15, 0.2) is 6.10 Å². The Morgan fingerprint density at radius 1 is 0.318 bits per heavy atom. The SMILES string of the molecule is CC/C=C\C/C=C\C/C=C\CCCCCCCCC(=O)OCC(COC(=O)CCCCCCC/C=C\CCCCCCCCC)OC(=O)CCCCCCCC/C=C\C/C=C\C/C=C\CC. The molecule has 0 radical (unpaired) electrons. The Bertz CT molecular complexity index is 1290. The lowest BCUT2D eigenvalue weighted by Gasteiger charge is -2.18. The van der Waals surface area contributed by atoms with E-state index >= 15 is 0 Å². The minimum atomic E-state index is -0.793. The first-order valence-corrected chi connectivity index (χ1v) is 27.6. The van der Waals surface area contributed by atoms with Crippen LogP contribution in [-0.2, 0) is 28.6 Å². The summed E-state index contributed by atoms with van der Waals surface area (Å²) in [5.74, 6) is -0.921. The molecule has 0 aromatic heterocycles. The number of hydrogen-bond acceptors (Lipinski definition) is 6. The Morgan fingerprint density at radius 2 is 0.591 bits per heavy atom. The molecule has 6 heteroatoms. The Kier molecular flexibility index (Phi) is 51.4. The maximum Gasteiger partial charge on any atom is 0.306 e. The molecule has 0 N–H and O–H groups in total. The number of ether oxygens (including phenoxy) is 3. The summed E-state index contributed by atoms with van der Waals surface area (Å²) in [7, 11) is 0. The third-order valence-electron chi connectivity index (χ3n) is 11.6. The van der Waals surface area contributed by atoms with E-state index in [2.05, 4.69) is 106 Å². The Morgan fingerprint density at radius 3 is 0.939 bits per heavy atom. The third kappa shape index (κ3) is 51.6. The van der Waals surface area contributed by atoms with Crippen LogP contribution in [0, 0.1) is 0 Å². The van der Waals surface area contributed by atoms with Gasteiger partial charge in [0.25, 0.3) is 0 Å².